The second-order valence-electron chi connectivity index (χ2n) is 6.62. The molecule has 1 saturated heterocycles. The Hall–Kier alpha value is -3.86. The van der Waals surface area contributed by atoms with Crippen LogP contribution in [0, 0.1) is 12.3 Å². The first-order valence-electron chi connectivity index (χ1n) is 9.22. The predicted molar refractivity (Wildman–Crippen MR) is 110 cm³/mol. The highest BCUT2D eigenvalue weighted by Crippen LogP contribution is 2.28. The summed E-state index contributed by atoms with van der Waals surface area (Å²) in [4.78, 5) is 26.9. The molecule has 0 spiro atoms. The molecule has 1 amide bonds. The third kappa shape index (κ3) is 3.75. The first-order chi connectivity index (χ1) is 14.2. The van der Waals surface area contributed by atoms with E-state index in [1.165, 1.54) is 12.4 Å². The summed E-state index contributed by atoms with van der Waals surface area (Å²) in [6.45, 7) is 5.06. The van der Waals surface area contributed by atoms with Crippen molar-refractivity contribution >= 4 is 28.6 Å². The van der Waals surface area contributed by atoms with E-state index in [9.17, 15) is 4.79 Å². The number of ether oxygens (including phenoxy) is 1. The number of carbonyl (C=O) groups is 1. The summed E-state index contributed by atoms with van der Waals surface area (Å²) >= 11 is 0. The molecular weight excluding hydrogens is 368 g/mol. The summed E-state index contributed by atoms with van der Waals surface area (Å²) in [5.74, 6) is 3.66. The van der Waals surface area contributed by atoms with Crippen LogP contribution in [0.2, 0.25) is 0 Å². The van der Waals surface area contributed by atoms with E-state index in [1.54, 1.807) is 11.2 Å². The molecule has 1 atom stereocenters. The van der Waals surface area contributed by atoms with Crippen molar-refractivity contribution in [3.05, 3.63) is 49.6 Å². The smallest absolute Gasteiger partial charge is 0.246 e. The Kier molecular flexibility index (Phi) is 5.12. The second-order valence-corrected chi connectivity index (χ2v) is 6.62. The van der Waals surface area contributed by atoms with Crippen LogP contribution in [0.3, 0.4) is 0 Å². The van der Waals surface area contributed by atoms with E-state index in [1.807, 2.05) is 28.8 Å². The van der Waals surface area contributed by atoms with E-state index < -0.39 is 0 Å². The molecule has 1 N–H and O–H groups in total. The van der Waals surface area contributed by atoms with Crippen LogP contribution in [0.4, 0.5) is 11.5 Å². The lowest BCUT2D eigenvalue weighted by molar-refractivity contribution is -0.125. The zero-order chi connectivity index (χ0) is 20.2. The molecule has 1 aromatic carbocycles. The van der Waals surface area contributed by atoms with Crippen LogP contribution in [0.5, 0.6) is 5.75 Å². The molecule has 3 aromatic rings. The molecule has 29 heavy (non-hydrogen) atoms. The molecule has 0 aliphatic carbocycles. The Morgan fingerprint density at radius 3 is 3.14 bits per heavy atom. The highest BCUT2D eigenvalue weighted by atomic mass is 16.5. The van der Waals surface area contributed by atoms with Crippen molar-refractivity contribution in [3.8, 4) is 18.1 Å². The monoisotopic (exact) mass is 388 g/mol. The lowest BCUT2D eigenvalue weighted by atomic mass is 10.2. The topological polar surface area (TPSA) is 85.2 Å². The van der Waals surface area contributed by atoms with Gasteiger partial charge in [-0.3, -0.25) is 4.79 Å². The Morgan fingerprint density at radius 2 is 2.31 bits per heavy atom. The lowest BCUT2D eigenvalue weighted by Crippen LogP contribution is -2.27. The van der Waals surface area contributed by atoms with Gasteiger partial charge >= 0.3 is 0 Å². The number of nitrogens with zero attached hydrogens (tertiary/aromatic N) is 5. The Labute approximate surface area is 168 Å². The van der Waals surface area contributed by atoms with Crippen molar-refractivity contribution in [1.82, 2.24) is 24.4 Å². The molecule has 8 nitrogen and oxygen atoms in total. The molecule has 1 aliphatic heterocycles. The SMILES string of the molecule is C#CCOc1cccc(Nc2ncnc3c2ncn3C2CCN(C(=O)C=C)C2)c1. The highest BCUT2D eigenvalue weighted by molar-refractivity contribution is 5.87. The van der Waals surface area contributed by atoms with Crippen molar-refractivity contribution in [3.63, 3.8) is 0 Å². The molecule has 4 rings (SSSR count). The van der Waals surface area contributed by atoms with E-state index in [0.717, 1.165) is 17.8 Å². The second kappa shape index (κ2) is 8.02. The first-order valence-corrected chi connectivity index (χ1v) is 9.22. The molecule has 0 radical (unpaired) electrons. The summed E-state index contributed by atoms with van der Waals surface area (Å²) in [5, 5.41) is 3.27. The normalized spacial score (nSPS) is 15.8. The number of aromatic nitrogens is 4. The molecule has 0 bridgehead atoms. The van der Waals surface area contributed by atoms with E-state index >= 15 is 0 Å². The largest absolute Gasteiger partial charge is 0.481 e. The van der Waals surface area contributed by atoms with Crippen LogP contribution in [0.25, 0.3) is 11.2 Å². The van der Waals surface area contributed by atoms with Crippen LogP contribution in [0.1, 0.15) is 12.5 Å². The standard InChI is InChI=1S/C21H20N6O2/c1-3-10-29-17-7-5-6-15(11-17)25-20-19-21(23-13-22-20)27(14-24-19)16-8-9-26(12-16)18(28)4-2/h1,4-7,11,13-14,16H,2,8-10,12H2,(H,22,23,25). The van der Waals surface area contributed by atoms with Crippen molar-refractivity contribution in [1.29, 1.82) is 0 Å². The molecule has 1 aliphatic rings. The maximum absolute atomic E-state index is 11.9. The molecule has 1 unspecified atom stereocenters. The molecule has 3 heterocycles. The number of amides is 1. The van der Waals surface area contributed by atoms with Crippen molar-refractivity contribution in [2.24, 2.45) is 0 Å². The summed E-state index contributed by atoms with van der Waals surface area (Å²) in [6.07, 6.45) is 10.7. The van der Waals surface area contributed by atoms with Gasteiger partial charge < -0.3 is 19.5 Å². The minimum absolute atomic E-state index is 0.0548. The molecular formula is C21H20N6O2. The third-order valence-electron chi connectivity index (χ3n) is 4.82. The fraction of sp³-hybridized carbons (Fsp3) is 0.238. The molecule has 8 heteroatoms. The van der Waals surface area contributed by atoms with Crippen LogP contribution in [-0.2, 0) is 4.79 Å². The average molecular weight is 388 g/mol. The summed E-state index contributed by atoms with van der Waals surface area (Å²) in [6, 6.07) is 7.58. The van der Waals surface area contributed by atoms with Crippen molar-refractivity contribution in [2.75, 3.05) is 25.0 Å². The Bertz CT molecular complexity index is 1100. The van der Waals surface area contributed by atoms with Crippen LogP contribution >= 0.6 is 0 Å². The van der Waals surface area contributed by atoms with E-state index in [0.29, 0.717) is 30.2 Å². The fourth-order valence-corrected chi connectivity index (χ4v) is 3.43. The van der Waals surface area contributed by atoms with Gasteiger partial charge in [-0.25, -0.2) is 15.0 Å². The van der Waals surface area contributed by atoms with Gasteiger partial charge in [0, 0.05) is 24.8 Å². The summed E-state index contributed by atoms with van der Waals surface area (Å²) < 4.78 is 7.47. The number of terminal acetylenes is 1. The van der Waals surface area contributed by atoms with Gasteiger partial charge in [-0.05, 0) is 24.6 Å². The Morgan fingerprint density at radius 1 is 1.41 bits per heavy atom. The van der Waals surface area contributed by atoms with Gasteiger partial charge in [0.05, 0.1) is 12.4 Å². The fourth-order valence-electron chi connectivity index (χ4n) is 3.43. The zero-order valence-corrected chi connectivity index (χ0v) is 15.8. The molecule has 0 saturated carbocycles. The number of imidazole rings is 1. The number of nitrogens with one attached hydrogen (secondary N) is 1. The van der Waals surface area contributed by atoms with Gasteiger partial charge in [0.2, 0.25) is 5.91 Å². The van der Waals surface area contributed by atoms with Crippen LogP contribution in [-0.4, -0.2) is 50.0 Å². The van der Waals surface area contributed by atoms with Gasteiger partial charge in [0.1, 0.15) is 18.7 Å². The van der Waals surface area contributed by atoms with Crippen LogP contribution < -0.4 is 10.1 Å². The van der Waals surface area contributed by atoms with Gasteiger partial charge in [-0.15, -0.1) is 6.42 Å². The number of benzene rings is 1. The van der Waals surface area contributed by atoms with Gasteiger partial charge in [-0.2, -0.15) is 0 Å². The minimum atomic E-state index is -0.0548. The van der Waals surface area contributed by atoms with Crippen molar-refractivity contribution < 1.29 is 9.53 Å². The minimum Gasteiger partial charge on any atom is -0.481 e. The maximum atomic E-state index is 11.9. The maximum Gasteiger partial charge on any atom is 0.246 e. The molecule has 1 fully saturated rings. The molecule has 146 valence electrons. The highest BCUT2D eigenvalue weighted by Gasteiger charge is 2.27. The van der Waals surface area contributed by atoms with E-state index in [2.05, 4.69) is 32.8 Å². The van der Waals surface area contributed by atoms with Gasteiger partial charge in [-0.1, -0.05) is 18.6 Å². The summed E-state index contributed by atoms with van der Waals surface area (Å²) in [7, 11) is 0. The number of likely N-dealkylation sites (tertiary alicyclic amines) is 1. The molecule has 2 aromatic heterocycles. The quantitative estimate of drug-likeness (QED) is 0.516. The van der Waals surface area contributed by atoms with E-state index in [-0.39, 0.29) is 18.6 Å². The average Bonchev–Trinajstić information content (AvgIpc) is 3.39. The number of hydrogen-bond donors (Lipinski definition) is 1. The third-order valence-corrected chi connectivity index (χ3v) is 4.82. The van der Waals surface area contributed by atoms with Gasteiger partial charge in [0.15, 0.2) is 17.0 Å². The number of carbonyl (C=O) groups excluding carboxylic acids is 1. The summed E-state index contributed by atoms with van der Waals surface area (Å²) in [5.41, 5.74) is 2.19. The van der Waals surface area contributed by atoms with Crippen molar-refractivity contribution in [2.45, 2.75) is 12.5 Å². The number of fused-ring (bicyclic) bond motifs is 1. The Balaban J connectivity index is 1.58. The first kappa shape index (κ1) is 18.5. The van der Waals surface area contributed by atoms with Gasteiger partial charge in [0.25, 0.3) is 0 Å². The van der Waals surface area contributed by atoms with Crippen LogP contribution in [0.15, 0.2) is 49.6 Å². The zero-order valence-electron chi connectivity index (χ0n) is 15.8. The number of anilines is 2. The predicted octanol–water partition coefficient (Wildman–Crippen LogP) is 2.54. The number of rotatable bonds is 6. The number of hydrogen-bond acceptors (Lipinski definition) is 6. The van der Waals surface area contributed by atoms with E-state index in [4.69, 9.17) is 11.2 Å². The lowest BCUT2D eigenvalue weighted by Gasteiger charge is -2.15.